The number of hydrogen-bond acceptors (Lipinski definition) is 3. The van der Waals surface area contributed by atoms with E-state index in [2.05, 4.69) is 10.3 Å². The molecule has 2 fully saturated rings. The van der Waals surface area contributed by atoms with E-state index >= 15 is 0 Å². The van der Waals surface area contributed by atoms with Crippen molar-refractivity contribution < 1.29 is 13.2 Å². The fraction of sp³-hybridized carbons (Fsp3) is 0.632. The first-order chi connectivity index (χ1) is 12.1. The molecule has 0 aliphatic heterocycles. The molecular weight excluding hydrogens is 336 g/mol. The van der Waals surface area contributed by atoms with Gasteiger partial charge in [0.2, 0.25) is 5.91 Å². The quantitative estimate of drug-likeness (QED) is 0.784. The van der Waals surface area contributed by atoms with E-state index in [4.69, 9.17) is 0 Å². The van der Waals surface area contributed by atoms with Crippen LogP contribution in [0.4, 0.5) is 0 Å². The number of carbonyl (C=O) groups is 1. The lowest BCUT2D eigenvalue weighted by atomic mass is 9.84. The van der Waals surface area contributed by atoms with Crippen molar-refractivity contribution in [1.82, 2.24) is 10.3 Å². The standard InChI is InChI=1S/C19H28N2O3S/c22-19(17-9-5-2-6-10-17)20-21-25(23,24)18-13-11-16(12-14-18)15-7-3-1-4-8-15/h11-15,17,21H,1-10H2,(H,20,22). The number of hydrazine groups is 1. The third kappa shape index (κ3) is 4.82. The van der Waals surface area contributed by atoms with Gasteiger partial charge in [0.15, 0.2) is 0 Å². The molecular formula is C19H28N2O3S. The van der Waals surface area contributed by atoms with Crippen molar-refractivity contribution in [3.05, 3.63) is 29.8 Å². The molecule has 2 saturated carbocycles. The minimum absolute atomic E-state index is 0.0786. The number of rotatable bonds is 5. The van der Waals surface area contributed by atoms with Gasteiger partial charge in [-0.15, -0.1) is 4.83 Å². The molecule has 0 saturated heterocycles. The van der Waals surface area contributed by atoms with Crippen LogP contribution in [0.25, 0.3) is 0 Å². The van der Waals surface area contributed by atoms with Crippen LogP contribution in [0.1, 0.15) is 75.7 Å². The summed E-state index contributed by atoms with van der Waals surface area (Å²) in [5, 5.41) is 0. The van der Waals surface area contributed by atoms with Gasteiger partial charge in [-0.1, -0.05) is 50.7 Å². The van der Waals surface area contributed by atoms with Gasteiger partial charge in [-0.05, 0) is 49.3 Å². The highest BCUT2D eigenvalue weighted by Gasteiger charge is 2.23. The molecule has 2 N–H and O–H groups in total. The molecule has 0 radical (unpaired) electrons. The highest BCUT2D eigenvalue weighted by Crippen LogP contribution is 2.32. The van der Waals surface area contributed by atoms with Crippen LogP contribution < -0.4 is 10.3 Å². The molecule has 0 bridgehead atoms. The van der Waals surface area contributed by atoms with E-state index in [-0.39, 0.29) is 16.7 Å². The van der Waals surface area contributed by atoms with Crippen molar-refractivity contribution in [3.63, 3.8) is 0 Å². The average Bonchev–Trinajstić information content (AvgIpc) is 2.68. The summed E-state index contributed by atoms with van der Waals surface area (Å²) in [6.45, 7) is 0. The Hall–Kier alpha value is -1.40. The van der Waals surface area contributed by atoms with Gasteiger partial charge >= 0.3 is 0 Å². The first-order valence-electron chi connectivity index (χ1n) is 9.48. The van der Waals surface area contributed by atoms with E-state index in [1.54, 1.807) is 12.1 Å². The maximum absolute atomic E-state index is 12.4. The first kappa shape index (κ1) is 18.4. The monoisotopic (exact) mass is 364 g/mol. The van der Waals surface area contributed by atoms with Crippen molar-refractivity contribution in [2.75, 3.05) is 0 Å². The van der Waals surface area contributed by atoms with E-state index in [1.165, 1.54) is 37.7 Å². The fourth-order valence-corrected chi connectivity index (χ4v) is 4.85. The molecule has 2 aliphatic rings. The zero-order valence-electron chi connectivity index (χ0n) is 14.7. The van der Waals surface area contributed by atoms with Gasteiger partial charge in [0, 0.05) is 5.92 Å². The molecule has 1 amide bonds. The van der Waals surface area contributed by atoms with E-state index < -0.39 is 10.0 Å². The summed E-state index contributed by atoms with van der Waals surface area (Å²) in [7, 11) is -3.72. The molecule has 0 aromatic heterocycles. The molecule has 6 heteroatoms. The Labute approximate surface area is 150 Å². The van der Waals surface area contributed by atoms with Gasteiger partial charge in [0.1, 0.15) is 0 Å². The van der Waals surface area contributed by atoms with Gasteiger partial charge in [-0.2, -0.15) is 0 Å². The van der Waals surface area contributed by atoms with E-state index in [9.17, 15) is 13.2 Å². The second-order valence-electron chi connectivity index (χ2n) is 7.33. The molecule has 2 aliphatic carbocycles. The third-order valence-electron chi connectivity index (χ3n) is 5.55. The van der Waals surface area contributed by atoms with Crippen molar-refractivity contribution >= 4 is 15.9 Å². The summed E-state index contributed by atoms with van der Waals surface area (Å²) >= 11 is 0. The van der Waals surface area contributed by atoms with Gasteiger partial charge in [-0.3, -0.25) is 10.2 Å². The topological polar surface area (TPSA) is 75.3 Å². The number of benzene rings is 1. The lowest BCUT2D eigenvalue weighted by Crippen LogP contribution is -2.44. The highest BCUT2D eigenvalue weighted by molar-refractivity contribution is 7.89. The Bertz CT molecular complexity index is 673. The van der Waals surface area contributed by atoms with E-state index in [0.29, 0.717) is 5.92 Å². The van der Waals surface area contributed by atoms with Gasteiger partial charge in [0.25, 0.3) is 10.0 Å². The predicted octanol–water partition coefficient (Wildman–Crippen LogP) is 3.62. The summed E-state index contributed by atoms with van der Waals surface area (Å²) in [6, 6.07) is 7.10. The van der Waals surface area contributed by atoms with E-state index in [0.717, 1.165) is 32.1 Å². The third-order valence-corrected chi connectivity index (χ3v) is 6.82. The van der Waals surface area contributed by atoms with Crippen molar-refractivity contribution in [3.8, 4) is 0 Å². The molecule has 0 heterocycles. The number of hydrogen-bond donors (Lipinski definition) is 2. The van der Waals surface area contributed by atoms with Crippen LogP contribution in [0.2, 0.25) is 0 Å². The maximum atomic E-state index is 12.4. The fourth-order valence-electron chi connectivity index (χ4n) is 4.00. The van der Waals surface area contributed by atoms with Crippen LogP contribution in [0, 0.1) is 5.92 Å². The minimum Gasteiger partial charge on any atom is -0.277 e. The maximum Gasteiger partial charge on any atom is 0.257 e. The smallest absolute Gasteiger partial charge is 0.257 e. The van der Waals surface area contributed by atoms with Crippen LogP contribution in [-0.2, 0) is 14.8 Å². The minimum atomic E-state index is -3.72. The molecule has 25 heavy (non-hydrogen) atoms. The largest absolute Gasteiger partial charge is 0.277 e. The first-order valence-corrected chi connectivity index (χ1v) is 11.0. The number of amides is 1. The predicted molar refractivity (Wildman–Crippen MR) is 97.3 cm³/mol. The zero-order valence-corrected chi connectivity index (χ0v) is 15.5. The van der Waals surface area contributed by atoms with Gasteiger partial charge < -0.3 is 0 Å². The summed E-state index contributed by atoms with van der Waals surface area (Å²) in [5.41, 5.74) is 3.61. The zero-order chi connectivity index (χ0) is 17.7. The second kappa shape index (κ2) is 8.32. The molecule has 0 atom stereocenters. The Morgan fingerprint density at radius 2 is 1.40 bits per heavy atom. The SMILES string of the molecule is O=C(NNS(=O)(=O)c1ccc(C2CCCCC2)cc1)C1CCCCC1. The summed E-state index contributed by atoms with van der Waals surface area (Å²) < 4.78 is 24.8. The number of carbonyl (C=O) groups excluding carboxylic acids is 1. The molecule has 1 aromatic carbocycles. The number of sulfonamides is 1. The Kier molecular flexibility index (Phi) is 6.12. The molecule has 5 nitrogen and oxygen atoms in total. The van der Waals surface area contributed by atoms with Crippen molar-refractivity contribution in [2.45, 2.75) is 75.0 Å². The lowest BCUT2D eigenvalue weighted by Gasteiger charge is -2.22. The molecule has 1 aromatic rings. The van der Waals surface area contributed by atoms with Gasteiger partial charge in [0.05, 0.1) is 4.90 Å². The molecule has 3 rings (SSSR count). The highest BCUT2D eigenvalue weighted by atomic mass is 32.2. The summed E-state index contributed by atoms with van der Waals surface area (Å²) in [6.07, 6.45) is 11.1. The molecule has 0 spiro atoms. The van der Waals surface area contributed by atoms with Crippen LogP contribution in [-0.4, -0.2) is 14.3 Å². The Morgan fingerprint density at radius 3 is 2.00 bits per heavy atom. The van der Waals surface area contributed by atoms with Crippen LogP contribution >= 0.6 is 0 Å². The van der Waals surface area contributed by atoms with Crippen LogP contribution in [0.5, 0.6) is 0 Å². The second-order valence-corrected chi connectivity index (χ2v) is 9.02. The molecule has 138 valence electrons. The van der Waals surface area contributed by atoms with Gasteiger partial charge in [-0.25, -0.2) is 8.42 Å². The van der Waals surface area contributed by atoms with Crippen LogP contribution in [0.15, 0.2) is 29.2 Å². The van der Waals surface area contributed by atoms with Crippen molar-refractivity contribution in [2.24, 2.45) is 5.92 Å². The van der Waals surface area contributed by atoms with Crippen molar-refractivity contribution in [1.29, 1.82) is 0 Å². The molecule has 0 unspecified atom stereocenters. The van der Waals surface area contributed by atoms with Crippen LogP contribution in [0.3, 0.4) is 0 Å². The Morgan fingerprint density at radius 1 is 0.840 bits per heavy atom. The normalized spacial score (nSPS) is 20.3. The average molecular weight is 365 g/mol. The van der Waals surface area contributed by atoms with E-state index in [1.807, 2.05) is 12.1 Å². The lowest BCUT2D eigenvalue weighted by molar-refractivity contribution is -0.126. The number of nitrogens with one attached hydrogen (secondary N) is 2. The Balaban J connectivity index is 1.58. The summed E-state index contributed by atoms with van der Waals surface area (Å²) in [5.74, 6) is 0.247. The summed E-state index contributed by atoms with van der Waals surface area (Å²) in [4.78, 5) is 14.5.